The van der Waals surface area contributed by atoms with E-state index >= 15 is 0 Å². The van der Waals surface area contributed by atoms with Crippen LogP contribution in [0.25, 0.3) is 0 Å². The van der Waals surface area contributed by atoms with E-state index in [0.29, 0.717) is 16.2 Å². The van der Waals surface area contributed by atoms with Gasteiger partial charge in [0.25, 0.3) is 0 Å². The molecule has 92 valence electrons. The summed E-state index contributed by atoms with van der Waals surface area (Å²) in [6.45, 7) is 0. The molecule has 18 heavy (non-hydrogen) atoms. The highest BCUT2D eigenvalue weighted by atomic mass is 32.2. The zero-order valence-corrected chi connectivity index (χ0v) is 10.5. The minimum absolute atomic E-state index is 0.332. The summed E-state index contributed by atoms with van der Waals surface area (Å²) >= 11 is 1.31. The van der Waals surface area contributed by atoms with E-state index in [9.17, 15) is 9.18 Å². The molecular formula is C14H11FO2S. The predicted molar refractivity (Wildman–Crippen MR) is 68.9 cm³/mol. The molecule has 0 radical (unpaired) electrons. The van der Waals surface area contributed by atoms with Gasteiger partial charge in [-0.15, -0.1) is 0 Å². The molecule has 0 N–H and O–H groups in total. The van der Waals surface area contributed by atoms with Crippen molar-refractivity contribution in [3.63, 3.8) is 0 Å². The van der Waals surface area contributed by atoms with Crippen molar-refractivity contribution in [2.45, 2.75) is 9.79 Å². The molecule has 0 bridgehead atoms. The average Bonchev–Trinajstić information content (AvgIpc) is 2.40. The zero-order chi connectivity index (χ0) is 13.0. The molecule has 0 amide bonds. The summed E-state index contributed by atoms with van der Waals surface area (Å²) in [5, 5.41) is 0. The monoisotopic (exact) mass is 262 g/mol. The van der Waals surface area contributed by atoms with Crippen LogP contribution in [-0.4, -0.2) is 13.4 Å². The van der Waals surface area contributed by atoms with Crippen LogP contribution in [0.4, 0.5) is 4.39 Å². The topological polar surface area (TPSA) is 26.3 Å². The Labute approximate surface area is 109 Å². The van der Waals surface area contributed by atoms with Crippen LogP contribution < -0.4 is 4.74 Å². The number of benzene rings is 2. The van der Waals surface area contributed by atoms with Crippen molar-refractivity contribution in [3.05, 3.63) is 53.8 Å². The van der Waals surface area contributed by atoms with Crippen molar-refractivity contribution in [1.29, 1.82) is 0 Å². The van der Waals surface area contributed by atoms with E-state index in [1.807, 2.05) is 12.1 Å². The third-order valence-corrected chi connectivity index (χ3v) is 3.52. The van der Waals surface area contributed by atoms with Gasteiger partial charge in [-0.05, 0) is 24.3 Å². The van der Waals surface area contributed by atoms with Gasteiger partial charge in [0, 0.05) is 10.5 Å². The fraction of sp³-hybridized carbons (Fsp3) is 0.0714. The minimum Gasteiger partial charge on any atom is -0.496 e. The molecule has 0 aliphatic heterocycles. The Hall–Kier alpha value is -1.81. The number of rotatable bonds is 4. The summed E-state index contributed by atoms with van der Waals surface area (Å²) in [5.74, 6) is 0.254. The van der Waals surface area contributed by atoms with Crippen LogP contribution in [-0.2, 0) is 0 Å². The Morgan fingerprint density at radius 2 is 1.94 bits per heavy atom. The second-order valence-corrected chi connectivity index (χ2v) is 4.64. The van der Waals surface area contributed by atoms with Gasteiger partial charge in [0.2, 0.25) is 0 Å². The van der Waals surface area contributed by atoms with E-state index in [2.05, 4.69) is 0 Å². The summed E-state index contributed by atoms with van der Waals surface area (Å²) in [7, 11) is 1.53. The van der Waals surface area contributed by atoms with Crippen LogP contribution in [0.1, 0.15) is 10.4 Å². The van der Waals surface area contributed by atoms with Gasteiger partial charge in [-0.2, -0.15) is 0 Å². The molecule has 2 nitrogen and oxygen atoms in total. The molecule has 0 unspecified atom stereocenters. The number of aldehydes is 1. The summed E-state index contributed by atoms with van der Waals surface area (Å²) in [5.41, 5.74) is 0.578. The highest BCUT2D eigenvalue weighted by molar-refractivity contribution is 7.99. The lowest BCUT2D eigenvalue weighted by Crippen LogP contribution is -1.89. The van der Waals surface area contributed by atoms with Crippen molar-refractivity contribution >= 4 is 18.0 Å². The Bertz CT molecular complexity index is 569. The van der Waals surface area contributed by atoms with Gasteiger partial charge >= 0.3 is 0 Å². The fourth-order valence-corrected chi connectivity index (χ4v) is 2.56. The quantitative estimate of drug-likeness (QED) is 0.784. The van der Waals surface area contributed by atoms with Crippen LogP contribution in [0, 0.1) is 5.82 Å². The number of carbonyl (C=O) groups excluding carboxylic acids is 1. The van der Waals surface area contributed by atoms with Gasteiger partial charge in [0.15, 0.2) is 6.29 Å². The van der Waals surface area contributed by atoms with Crippen LogP contribution in [0.15, 0.2) is 52.3 Å². The Balaban J connectivity index is 2.39. The number of hydrogen-bond donors (Lipinski definition) is 0. The largest absolute Gasteiger partial charge is 0.496 e. The maximum Gasteiger partial charge on any atom is 0.151 e. The first kappa shape index (κ1) is 12.6. The second kappa shape index (κ2) is 5.69. The Morgan fingerprint density at radius 1 is 1.17 bits per heavy atom. The van der Waals surface area contributed by atoms with E-state index in [0.717, 1.165) is 11.2 Å². The smallest absolute Gasteiger partial charge is 0.151 e. The zero-order valence-electron chi connectivity index (χ0n) is 9.72. The van der Waals surface area contributed by atoms with Crippen LogP contribution >= 0.6 is 11.8 Å². The Kier molecular flexibility index (Phi) is 3.99. The molecule has 0 saturated carbocycles. The van der Waals surface area contributed by atoms with Gasteiger partial charge in [-0.3, -0.25) is 4.79 Å². The molecule has 2 rings (SSSR count). The summed E-state index contributed by atoms with van der Waals surface area (Å²) in [6.07, 6.45) is 0.786. The predicted octanol–water partition coefficient (Wildman–Crippen LogP) is 3.80. The first-order valence-electron chi connectivity index (χ1n) is 5.30. The first-order valence-corrected chi connectivity index (χ1v) is 6.12. The molecular weight excluding hydrogens is 251 g/mol. The highest BCUT2D eigenvalue weighted by Crippen LogP contribution is 2.36. The van der Waals surface area contributed by atoms with E-state index < -0.39 is 0 Å². The number of hydrogen-bond acceptors (Lipinski definition) is 3. The van der Waals surface area contributed by atoms with Crippen molar-refractivity contribution in [1.82, 2.24) is 0 Å². The first-order chi connectivity index (χ1) is 8.74. The SMILES string of the molecule is COc1ccc(F)cc1Sc1ccccc1C=O. The fourth-order valence-electron chi connectivity index (χ4n) is 1.52. The highest BCUT2D eigenvalue weighted by Gasteiger charge is 2.09. The number of carbonyl (C=O) groups is 1. The average molecular weight is 262 g/mol. The third kappa shape index (κ3) is 2.71. The van der Waals surface area contributed by atoms with Crippen molar-refractivity contribution in [3.8, 4) is 5.75 Å². The molecule has 0 aliphatic carbocycles. The summed E-state index contributed by atoms with van der Waals surface area (Å²) in [4.78, 5) is 12.3. The third-order valence-electron chi connectivity index (χ3n) is 2.39. The lowest BCUT2D eigenvalue weighted by atomic mass is 10.2. The lowest BCUT2D eigenvalue weighted by Gasteiger charge is -2.09. The van der Waals surface area contributed by atoms with Crippen molar-refractivity contribution in [2.75, 3.05) is 7.11 Å². The van der Waals surface area contributed by atoms with Crippen molar-refractivity contribution < 1.29 is 13.9 Å². The van der Waals surface area contributed by atoms with E-state index in [-0.39, 0.29) is 5.82 Å². The molecule has 0 spiro atoms. The molecule has 0 atom stereocenters. The van der Waals surface area contributed by atoms with Gasteiger partial charge in [0.05, 0.1) is 12.0 Å². The van der Waals surface area contributed by atoms with E-state index in [4.69, 9.17) is 4.74 Å². The Morgan fingerprint density at radius 3 is 2.67 bits per heavy atom. The molecule has 2 aromatic rings. The molecule has 0 fully saturated rings. The van der Waals surface area contributed by atoms with Crippen LogP contribution in [0.3, 0.4) is 0 Å². The molecule has 0 heterocycles. The summed E-state index contributed by atoms with van der Waals surface area (Å²) < 4.78 is 18.4. The maximum absolute atomic E-state index is 13.2. The number of halogens is 1. The van der Waals surface area contributed by atoms with Crippen LogP contribution in [0.5, 0.6) is 5.75 Å². The van der Waals surface area contributed by atoms with Crippen LogP contribution in [0.2, 0.25) is 0 Å². The van der Waals surface area contributed by atoms with Gasteiger partial charge < -0.3 is 4.74 Å². The van der Waals surface area contributed by atoms with E-state index in [1.165, 1.54) is 31.0 Å². The normalized spacial score (nSPS) is 10.1. The lowest BCUT2D eigenvalue weighted by molar-refractivity contribution is 0.112. The minimum atomic E-state index is -0.332. The molecule has 4 heteroatoms. The molecule has 2 aromatic carbocycles. The van der Waals surface area contributed by atoms with Gasteiger partial charge in [0.1, 0.15) is 11.6 Å². The van der Waals surface area contributed by atoms with E-state index in [1.54, 1.807) is 18.2 Å². The van der Waals surface area contributed by atoms with Crippen molar-refractivity contribution in [2.24, 2.45) is 0 Å². The maximum atomic E-state index is 13.2. The standard InChI is InChI=1S/C14H11FO2S/c1-17-12-7-6-11(15)8-14(12)18-13-5-3-2-4-10(13)9-16/h2-9H,1H3. The molecule has 0 aliphatic rings. The molecule has 0 aromatic heterocycles. The van der Waals surface area contributed by atoms with Gasteiger partial charge in [-0.25, -0.2) is 4.39 Å². The summed E-state index contributed by atoms with van der Waals surface area (Å²) in [6, 6.07) is 11.5. The van der Waals surface area contributed by atoms with Gasteiger partial charge in [-0.1, -0.05) is 30.0 Å². The number of ether oxygens (including phenoxy) is 1. The second-order valence-electron chi connectivity index (χ2n) is 3.55. The molecule has 0 saturated heterocycles. The number of methoxy groups -OCH3 is 1.